The molecule has 0 radical (unpaired) electrons. The molecule has 5 N–H and O–H groups in total. The number of carbonyl (C=O) groups excluding carboxylic acids is 1. The summed E-state index contributed by atoms with van der Waals surface area (Å²) in [5.74, 6) is -0.671. The zero-order valence-corrected chi connectivity index (χ0v) is 15.1. The van der Waals surface area contributed by atoms with Crippen molar-refractivity contribution in [2.24, 2.45) is 0 Å². The minimum atomic E-state index is -1.91. The van der Waals surface area contributed by atoms with Gasteiger partial charge in [0.2, 0.25) is 0 Å². The van der Waals surface area contributed by atoms with Crippen molar-refractivity contribution in [3.8, 4) is 11.5 Å². The van der Waals surface area contributed by atoms with E-state index in [9.17, 15) is 20.1 Å². The highest BCUT2D eigenvalue weighted by atomic mass is 16.3. The van der Waals surface area contributed by atoms with Gasteiger partial charge in [0.15, 0.2) is 5.60 Å². The summed E-state index contributed by atoms with van der Waals surface area (Å²) in [6, 6.07) is 0. The highest BCUT2D eigenvalue weighted by Gasteiger charge is 2.31. The van der Waals surface area contributed by atoms with Gasteiger partial charge in [-0.2, -0.15) is 0 Å². The zero-order valence-electron chi connectivity index (χ0n) is 15.1. The van der Waals surface area contributed by atoms with Gasteiger partial charge in [-0.05, 0) is 44.9 Å². The fourth-order valence-electron chi connectivity index (χ4n) is 2.54. The molecule has 0 fully saturated rings. The van der Waals surface area contributed by atoms with Crippen LogP contribution in [0.2, 0.25) is 0 Å². The third-order valence-electron chi connectivity index (χ3n) is 4.32. The van der Waals surface area contributed by atoms with Crippen LogP contribution in [0.25, 0.3) is 6.08 Å². The van der Waals surface area contributed by atoms with Crippen molar-refractivity contribution in [1.82, 2.24) is 4.90 Å². The monoisotopic (exact) mass is 353 g/mol. The Kier molecular flexibility index (Phi) is 6.98. The standard InChI is InChI=1S/C18H27NO6/c1-11-12(2)16(23)14(13(3)15(11)22)5-6-18(4,25)17(24)19(7-9-20)8-10-21/h5-6,20-23,25H,7-10H2,1-4H3. The van der Waals surface area contributed by atoms with Crippen LogP contribution in [-0.2, 0) is 4.79 Å². The number of carbonyl (C=O) groups is 1. The van der Waals surface area contributed by atoms with Crippen molar-refractivity contribution >= 4 is 12.0 Å². The van der Waals surface area contributed by atoms with Crippen LogP contribution < -0.4 is 0 Å². The van der Waals surface area contributed by atoms with E-state index in [2.05, 4.69) is 0 Å². The van der Waals surface area contributed by atoms with Gasteiger partial charge in [-0.1, -0.05) is 6.08 Å². The first-order valence-corrected chi connectivity index (χ1v) is 8.02. The lowest BCUT2D eigenvalue weighted by Gasteiger charge is -2.28. The van der Waals surface area contributed by atoms with E-state index >= 15 is 0 Å². The molecule has 1 rings (SSSR count). The van der Waals surface area contributed by atoms with E-state index in [0.717, 1.165) is 4.90 Å². The Balaban J connectivity index is 3.21. The van der Waals surface area contributed by atoms with Crippen LogP contribution >= 0.6 is 0 Å². The maximum absolute atomic E-state index is 12.4. The molecule has 7 nitrogen and oxygen atoms in total. The summed E-state index contributed by atoms with van der Waals surface area (Å²) in [6.07, 6.45) is 2.60. The second-order valence-corrected chi connectivity index (χ2v) is 6.21. The lowest BCUT2D eigenvalue weighted by Crippen LogP contribution is -2.48. The Labute approximate surface area is 147 Å². The summed E-state index contributed by atoms with van der Waals surface area (Å²) in [7, 11) is 0. The van der Waals surface area contributed by atoms with E-state index in [1.165, 1.54) is 19.1 Å². The van der Waals surface area contributed by atoms with E-state index in [4.69, 9.17) is 10.2 Å². The van der Waals surface area contributed by atoms with E-state index in [-0.39, 0.29) is 37.8 Å². The summed E-state index contributed by atoms with van der Waals surface area (Å²) in [5.41, 5.74) is -0.0902. The Morgan fingerprint density at radius 2 is 1.48 bits per heavy atom. The van der Waals surface area contributed by atoms with Gasteiger partial charge in [0.1, 0.15) is 11.5 Å². The Morgan fingerprint density at radius 1 is 1.00 bits per heavy atom. The van der Waals surface area contributed by atoms with Gasteiger partial charge in [-0.15, -0.1) is 0 Å². The predicted molar refractivity (Wildman–Crippen MR) is 94.4 cm³/mol. The molecule has 0 saturated heterocycles. The van der Waals surface area contributed by atoms with Crippen molar-refractivity contribution in [2.45, 2.75) is 33.3 Å². The number of aromatic hydroxyl groups is 2. The molecule has 0 aromatic heterocycles. The molecule has 0 spiro atoms. The number of rotatable bonds is 7. The average Bonchev–Trinajstić information content (AvgIpc) is 2.57. The Hall–Kier alpha value is -2.09. The molecule has 25 heavy (non-hydrogen) atoms. The first-order valence-electron chi connectivity index (χ1n) is 8.02. The molecule has 0 aliphatic carbocycles. The topological polar surface area (TPSA) is 121 Å². The number of amides is 1. The quantitative estimate of drug-likeness (QED) is 0.458. The van der Waals surface area contributed by atoms with Crippen LogP contribution in [0.4, 0.5) is 0 Å². The number of phenols is 2. The number of benzene rings is 1. The molecular formula is C18H27NO6. The molecule has 0 aliphatic rings. The van der Waals surface area contributed by atoms with E-state index < -0.39 is 11.5 Å². The van der Waals surface area contributed by atoms with Crippen LogP contribution in [0.1, 0.15) is 29.2 Å². The summed E-state index contributed by atoms with van der Waals surface area (Å²) in [6.45, 7) is 5.63. The molecule has 1 amide bonds. The Bertz CT molecular complexity index is 631. The number of aliphatic hydroxyl groups is 3. The second kappa shape index (κ2) is 8.33. The largest absolute Gasteiger partial charge is 0.507 e. The van der Waals surface area contributed by atoms with Gasteiger partial charge in [-0.25, -0.2) is 0 Å². The minimum Gasteiger partial charge on any atom is -0.507 e. The van der Waals surface area contributed by atoms with Crippen LogP contribution in [0.15, 0.2) is 6.08 Å². The summed E-state index contributed by atoms with van der Waals surface area (Å²) >= 11 is 0. The SMILES string of the molecule is Cc1c(C)c(O)c(C=CC(C)(O)C(=O)N(CCO)CCO)c(C)c1O. The van der Waals surface area contributed by atoms with Gasteiger partial charge in [-0.3, -0.25) is 4.79 Å². The van der Waals surface area contributed by atoms with Crippen molar-refractivity contribution < 1.29 is 30.3 Å². The molecule has 0 aliphatic heterocycles. The number of phenolic OH excluding ortho intramolecular Hbond substituents is 2. The van der Waals surface area contributed by atoms with Gasteiger partial charge in [0, 0.05) is 24.2 Å². The van der Waals surface area contributed by atoms with Crippen LogP contribution in [0, 0.1) is 20.8 Å². The summed E-state index contributed by atoms with van der Waals surface area (Å²) < 4.78 is 0. The van der Waals surface area contributed by atoms with Crippen molar-refractivity contribution in [1.29, 1.82) is 0 Å². The van der Waals surface area contributed by atoms with Crippen molar-refractivity contribution in [2.75, 3.05) is 26.3 Å². The van der Waals surface area contributed by atoms with Crippen LogP contribution in [-0.4, -0.2) is 68.2 Å². The van der Waals surface area contributed by atoms with Gasteiger partial charge in [0.05, 0.1) is 13.2 Å². The molecule has 1 atom stereocenters. The van der Waals surface area contributed by atoms with Gasteiger partial charge in [0.25, 0.3) is 5.91 Å². The van der Waals surface area contributed by atoms with Crippen molar-refractivity contribution in [3.05, 3.63) is 28.3 Å². The fourth-order valence-corrected chi connectivity index (χ4v) is 2.54. The van der Waals surface area contributed by atoms with E-state index in [1.54, 1.807) is 20.8 Å². The molecule has 1 aromatic carbocycles. The van der Waals surface area contributed by atoms with Crippen molar-refractivity contribution in [3.63, 3.8) is 0 Å². The maximum atomic E-state index is 12.4. The number of nitrogens with zero attached hydrogens (tertiary/aromatic N) is 1. The van der Waals surface area contributed by atoms with E-state index in [1.807, 2.05) is 0 Å². The highest BCUT2D eigenvalue weighted by molar-refractivity contribution is 5.88. The number of hydrogen-bond acceptors (Lipinski definition) is 6. The number of aliphatic hydroxyl groups excluding tert-OH is 2. The van der Waals surface area contributed by atoms with Crippen LogP contribution in [0.3, 0.4) is 0 Å². The molecule has 1 unspecified atom stereocenters. The molecule has 1 aromatic rings. The van der Waals surface area contributed by atoms with Crippen LogP contribution in [0.5, 0.6) is 11.5 Å². The molecule has 140 valence electrons. The first-order chi connectivity index (χ1) is 11.6. The van der Waals surface area contributed by atoms with Gasteiger partial charge < -0.3 is 30.4 Å². The highest BCUT2D eigenvalue weighted by Crippen LogP contribution is 2.37. The minimum absolute atomic E-state index is 0.0158. The molecule has 7 heteroatoms. The molecule has 0 heterocycles. The third kappa shape index (κ3) is 4.50. The smallest absolute Gasteiger partial charge is 0.258 e. The lowest BCUT2D eigenvalue weighted by atomic mass is 9.95. The fraction of sp³-hybridized carbons (Fsp3) is 0.500. The predicted octanol–water partition coefficient (Wildman–Crippen LogP) is 0.600. The maximum Gasteiger partial charge on any atom is 0.258 e. The number of hydrogen-bond donors (Lipinski definition) is 5. The third-order valence-corrected chi connectivity index (χ3v) is 4.32. The first kappa shape index (κ1) is 21.0. The second-order valence-electron chi connectivity index (χ2n) is 6.21. The van der Waals surface area contributed by atoms with E-state index in [0.29, 0.717) is 22.3 Å². The van der Waals surface area contributed by atoms with Gasteiger partial charge >= 0.3 is 0 Å². The summed E-state index contributed by atoms with van der Waals surface area (Å²) in [4.78, 5) is 13.6. The summed E-state index contributed by atoms with van der Waals surface area (Å²) in [5, 5.41) is 48.9. The normalized spacial score (nSPS) is 13.9. The molecule has 0 bridgehead atoms. The molecule has 0 saturated carbocycles. The Morgan fingerprint density at radius 3 is 1.96 bits per heavy atom. The zero-order chi connectivity index (χ0) is 19.4. The lowest BCUT2D eigenvalue weighted by molar-refractivity contribution is -0.146. The molecular weight excluding hydrogens is 326 g/mol. The average molecular weight is 353 g/mol.